The molecule has 16 heavy (non-hydrogen) atoms. The molecule has 0 aliphatic heterocycles. The Kier molecular flexibility index (Phi) is 2.22. The van der Waals surface area contributed by atoms with E-state index >= 15 is 0 Å². The van der Waals surface area contributed by atoms with Crippen LogP contribution in [-0.2, 0) is 12.8 Å². The summed E-state index contributed by atoms with van der Waals surface area (Å²) in [6.07, 6.45) is 6.51. The average Bonchev–Trinajstić information content (AvgIpc) is 2.73. The van der Waals surface area contributed by atoms with Crippen molar-refractivity contribution in [1.82, 2.24) is 15.0 Å². The highest BCUT2D eigenvalue weighted by molar-refractivity contribution is 5.54. The van der Waals surface area contributed by atoms with Gasteiger partial charge in [-0.25, -0.2) is 4.98 Å². The molecule has 3 rings (SSSR count). The fourth-order valence-electron chi connectivity index (χ4n) is 2.15. The number of rotatable bonds is 1. The molecule has 1 atom stereocenters. The zero-order valence-electron chi connectivity index (χ0n) is 8.98. The molecule has 1 aliphatic rings. The van der Waals surface area contributed by atoms with Crippen molar-refractivity contribution in [2.75, 3.05) is 0 Å². The zero-order chi connectivity index (χ0) is 11.0. The molecule has 0 fully saturated rings. The van der Waals surface area contributed by atoms with E-state index in [1.807, 2.05) is 18.3 Å². The van der Waals surface area contributed by atoms with Crippen molar-refractivity contribution in [1.29, 1.82) is 0 Å². The van der Waals surface area contributed by atoms with Crippen LogP contribution < -0.4 is 5.73 Å². The quantitative estimate of drug-likeness (QED) is 0.751. The van der Waals surface area contributed by atoms with Crippen LogP contribution in [0.3, 0.4) is 0 Å². The predicted molar refractivity (Wildman–Crippen MR) is 61.8 cm³/mol. The van der Waals surface area contributed by atoms with Gasteiger partial charge in [-0.1, -0.05) is 0 Å². The number of hydrogen-bond acceptors (Lipinski definition) is 3. The van der Waals surface area contributed by atoms with E-state index in [1.54, 1.807) is 6.20 Å². The normalized spacial score (nSPS) is 19.4. The molecular formula is C12H14N4. The first-order valence-corrected chi connectivity index (χ1v) is 5.56. The Morgan fingerprint density at radius 3 is 3.19 bits per heavy atom. The number of nitrogens with two attached hydrogens (primary N) is 1. The number of aryl methyl sites for hydroxylation is 1. The number of aromatic nitrogens is 3. The first-order chi connectivity index (χ1) is 7.83. The number of nitrogens with zero attached hydrogens (tertiary/aromatic N) is 2. The number of imidazole rings is 1. The van der Waals surface area contributed by atoms with Crippen molar-refractivity contribution in [3.8, 4) is 11.4 Å². The lowest BCUT2D eigenvalue weighted by atomic mass is 9.97. The molecule has 0 amide bonds. The Morgan fingerprint density at radius 2 is 2.38 bits per heavy atom. The second kappa shape index (κ2) is 3.72. The maximum Gasteiger partial charge on any atom is 0.139 e. The minimum absolute atomic E-state index is 0.273. The standard InChI is InChI=1S/C12H14N4/c13-9-3-4-10-11(6-9)16-12(15-10)8-2-1-5-14-7-8/h1-2,5,7,9H,3-4,6,13H2,(H,15,16). The van der Waals surface area contributed by atoms with Crippen molar-refractivity contribution < 1.29 is 0 Å². The van der Waals surface area contributed by atoms with Gasteiger partial charge in [-0.3, -0.25) is 4.98 Å². The van der Waals surface area contributed by atoms with Gasteiger partial charge in [-0.15, -0.1) is 0 Å². The van der Waals surface area contributed by atoms with Crippen molar-refractivity contribution in [2.24, 2.45) is 5.73 Å². The van der Waals surface area contributed by atoms with Gasteiger partial charge >= 0.3 is 0 Å². The van der Waals surface area contributed by atoms with Crippen LogP contribution in [0.4, 0.5) is 0 Å². The van der Waals surface area contributed by atoms with Crippen LogP contribution in [0.15, 0.2) is 24.5 Å². The number of pyridine rings is 1. The highest BCUT2D eigenvalue weighted by Gasteiger charge is 2.19. The first kappa shape index (κ1) is 9.54. The van der Waals surface area contributed by atoms with E-state index in [0.717, 1.165) is 30.7 Å². The summed E-state index contributed by atoms with van der Waals surface area (Å²) in [6.45, 7) is 0. The summed E-state index contributed by atoms with van der Waals surface area (Å²) in [4.78, 5) is 12.1. The Labute approximate surface area is 93.9 Å². The van der Waals surface area contributed by atoms with Crippen LogP contribution in [0.5, 0.6) is 0 Å². The van der Waals surface area contributed by atoms with E-state index in [9.17, 15) is 0 Å². The number of H-pyrrole nitrogens is 1. The molecule has 0 spiro atoms. The molecular weight excluding hydrogens is 200 g/mol. The third-order valence-corrected chi connectivity index (χ3v) is 3.02. The lowest BCUT2D eigenvalue weighted by Gasteiger charge is -2.15. The van der Waals surface area contributed by atoms with E-state index in [-0.39, 0.29) is 6.04 Å². The summed E-state index contributed by atoms with van der Waals surface area (Å²) in [5, 5.41) is 0. The van der Waals surface area contributed by atoms with Crippen LogP contribution in [0, 0.1) is 0 Å². The molecule has 82 valence electrons. The molecule has 1 aliphatic carbocycles. The summed E-state index contributed by atoms with van der Waals surface area (Å²) < 4.78 is 0. The summed E-state index contributed by atoms with van der Waals surface area (Å²) in [7, 11) is 0. The highest BCUT2D eigenvalue weighted by atomic mass is 14.9. The van der Waals surface area contributed by atoms with Crippen LogP contribution in [-0.4, -0.2) is 21.0 Å². The second-order valence-electron chi connectivity index (χ2n) is 4.26. The molecule has 4 heteroatoms. The van der Waals surface area contributed by atoms with Gasteiger partial charge in [0.15, 0.2) is 0 Å². The Bertz CT molecular complexity index is 489. The molecule has 0 aromatic carbocycles. The monoisotopic (exact) mass is 214 g/mol. The fourth-order valence-corrected chi connectivity index (χ4v) is 2.15. The fraction of sp³-hybridized carbons (Fsp3) is 0.333. The molecule has 0 saturated heterocycles. The maximum atomic E-state index is 5.94. The van der Waals surface area contributed by atoms with Gasteiger partial charge in [0.1, 0.15) is 5.82 Å². The molecule has 0 radical (unpaired) electrons. The van der Waals surface area contributed by atoms with E-state index in [4.69, 9.17) is 5.73 Å². The van der Waals surface area contributed by atoms with E-state index < -0.39 is 0 Å². The van der Waals surface area contributed by atoms with Gasteiger partial charge in [0.2, 0.25) is 0 Å². The van der Waals surface area contributed by atoms with Crippen LogP contribution in [0.1, 0.15) is 17.8 Å². The molecule has 2 heterocycles. The summed E-state index contributed by atoms with van der Waals surface area (Å²) in [5.41, 5.74) is 9.33. The van der Waals surface area contributed by atoms with E-state index in [0.29, 0.717) is 0 Å². The maximum absolute atomic E-state index is 5.94. The molecule has 2 aromatic rings. The molecule has 1 unspecified atom stereocenters. The van der Waals surface area contributed by atoms with E-state index in [1.165, 1.54) is 11.4 Å². The lowest BCUT2D eigenvalue weighted by molar-refractivity contribution is 0.565. The van der Waals surface area contributed by atoms with Crippen molar-refractivity contribution >= 4 is 0 Å². The first-order valence-electron chi connectivity index (χ1n) is 5.56. The van der Waals surface area contributed by atoms with Gasteiger partial charge in [-0.05, 0) is 25.0 Å². The predicted octanol–water partition coefficient (Wildman–Crippen LogP) is 1.29. The third-order valence-electron chi connectivity index (χ3n) is 3.02. The SMILES string of the molecule is NC1CCc2nc(-c3cccnc3)[nH]c2C1. The largest absolute Gasteiger partial charge is 0.342 e. The molecule has 4 nitrogen and oxygen atoms in total. The van der Waals surface area contributed by atoms with Gasteiger partial charge in [-0.2, -0.15) is 0 Å². The Morgan fingerprint density at radius 1 is 1.44 bits per heavy atom. The molecule has 0 bridgehead atoms. The zero-order valence-corrected chi connectivity index (χ0v) is 8.98. The summed E-state index contributed by atoms with van der Waals surface area (Å²) in [6, 6.07) is 4.20. The number of hydrogen-bond donors (Lipinski definition) is 2. The van der Waals surface area contributed by atoms with E-state index in [2.05, 4.69) is 15.0 Å². The summed E-state index contributed by atoms with van der Waals surface area (Å²) in [5.74, 6) is 0.909. The van der Waals surface area contributed by atoms with Crippen LogP contribution >= 0.6 is 0 Å². The summed E-state index contributed by atoms with van der Waals surface area (Å²) >= 11 is 0. The lowest BCUT2D eigenvalue weighted by Crippen LogP contribution is -2.27. The molecule has 2 aromatic heterocycles. The number of fused-ring (bicyclic) bond motifs is 1. The minimum atomic E-state index is 0.273. The van der Waals surface area contributed by atoms with Crippen LogP contribution in [0.25, 0.3) is 11.4 Å². The topological polar surface area (TPSA) is 67.6 Å². The second-order valence-corrected chi connectivity index (χ2v) is 4.26. The molecule has 0 saturated carbocycles. The average molecular weight is 214 g/mol. The van der Waals surface area contributed by atoms with Gasteiger partial charge in [0, 0.05) is 36.1 Å². The van der Waals surface area contributed by atoms with Crippen LogP contribution in [0.2, 0.25) is 0 Å². The van der Waals surface area contributed by atoms with Gasteiger partial charge in [0.25, 0.3) is 0 Å². The van der Waals surface area contributed by atoms with Crippen molar-refractivity contribution in [3.05, 3.63) is 35.9 Å². The van der Waals surface area contributed by atoms with Gasteiger partial charge in [0.05, 0.1) is 5.69 Å². The van der Waals surface area contributed by atoms with Gasteiger partial charge < -0.3 is 10.7 Å². The minimum Gasteiger partial charge on any atom is -0.342 e. The Hall–Kier alpha value is -1.68. The third kappa shape index (κ3) is 1.61. The van der Waals surface area contributed by atoms with Crippen molar-refractivity contribution in [2.45, 2.75) is 25.3 Å². The van der Waals surface area contributed by atoms with Crippen molar-refractivity contribution in [3.63, 3.8) is 0 Å². The molecule has 3 N–H and O–H groups in total. The smallest absolute Gasteiger partial charge is 0.139 e. The number of aromatic amines is 1. The Balaban J connectivity index is 1.99. The number of nitrogens with one attached hydrogen (secondary N) is 1. The highest BCUT2D eigenvalue weighted by Crippen LogP contribution is 2.22.